The van der Waals surface area contributed by atoms with Gasteiger partial charge in [-0.1, -0.05) is 42.5 Å². The second kappa shape index (κ2) is 5.46. The number of hydrogen-bond donors (Lipinski definition) is 2. The van der Waals surface area contributed by atoms with Gasteiger partial charge in [0.05, 0.1) is 0 Å². The van der Waals surface area contributed by atoms with E-state index in [-0.39, 0.29) is 5.91 Å². The van der Waals surface area contributed by atoms with E-state index in [4.69, 9.17) is 5.84 Å². The van der Waals surface area contributed by atoms with Gasteiger partial charge in [0.2, 0.25) is 5.91 Å². The number of rotatable bonds is 4. The second-order valence-corrected chi connectivity index (χ2v) is 4.10. The third kappa shape index (κ3) is 3.04. The van der Waals surface area contributed by atoms with E-state index >= 15 is 0 Å². The number of aryl methyl sites for hydroxylation is 1. The lowest BCUT2D eigenvalue weighted by Gasteiger charge is -2.03. The summed E-state index contributed by atoms with van der Waals surface area (Å²) in [6.45, 7) is 0. The highest BCUT2D eigenvalue weighted by atomic mass is 16.2. The topological polar surface area (TPSA) is 55.1 Å². The third-order valence-electron chi connectivity index (χ3n) is 2.84. The lowest BCUT2D eigenvalue weighted by atomic mass is 10.0. The van der Waals surface area contributed by atoms with Crippen LogP contribution < -0.4 is 11.3 Å². The molecule has 0 aliphatic rings. The maximum atomic E-state index is 11.0. The van der Waals surface area contributed by atoms with Crippen LogP contribution >= 0.6 is 0 Å². The quantitative estimate of drug-likeness (QED) is 0.478. The summed E-state index contributed by atoms with van der Waals surface area (Å²) in [6, 6.07) is 14.7. The van der Waals surface area contributed by atoms with Gasteiger partial charge < -0.3 is 0 Å². The fourth-order valence-corrected chi connectivity index (χ4v) is 1.92. The van der Waals surface area contributed by atoms with Crippen molar-refractivity contribution in [3.8, 4) is 0 Å². The summed E-state index contributed by atoms with van der Waals surface area (Å²) >= 11 is 0. The van der Waals surface area contributed by atoms with Crippen LogP contribution in [0.3, 0.4) is 0 Å². The van der Waals surface area contributed by atoms with E-state index in [0.717, 1.165) is 12.8 Å². The van der Waals surface area contributed by atoms with Crippen molar-refractivity contribution in [3.05, 3.63) is 48.0 Å². The number of hydrazine groups is 1. The van der Waals surface area contributed by atoms with Crippen molar-refractivity contribution < 1.29 is 4.79 Å². The first-order chi connectivity index (χ1) is 8.29. The number of amides is 1. The summed E-state index contributed by atoms with van der Waals surface area (Å²) in [5.74, 6) is 4.92. The molecule has 0 bridgehead atoms. The molecule has 0 radical (unpaired) electrons. The molecule has 0 saturated carbocycles. The molecule has 1 amide bonds. The molecule has 2 rings (SSSR count). The minimum absolute atomic E-state index is 0.106. The number of carbonyl (C=O) groups excluding carboxylic acids is 1. The molecule has 0 aliphatic heterocycles. The summed E-state index contributed by atoms with van der Waals surface area (Å²) in [5, 5.41) is 2.49. The Bertz CT molecular complexity index is 522. The van der Waals surface area contributed by atoms with E-state index in [1.807, 2.05) is 12.1 Å². The van der Waals surface area contributed by atoms with Crippen LogP contribution in [0.2, 0.25) is 0 Å². The molecular formula is C14H16N2O. The monoisotopic (exact) mass is 228 g/mol. The summed E-state index contributed by atoms with van der Waals surface area (Å²) in [5.41, 5.74) is 3.40. The second-order valence-electron chi connectivity index (χ2n) is 4.10. The average molecular weight is 228 g/mol. The molecule has 0 fully saturated rings. The largest absolute Gasteiger partial charge is 0.294 e. The summed E-state index contributed by atoms with van der Waals surface area (Å²) < 4.78 is 0. The molecule has 0 aliphatic carbocycles. The maximum Gasteiger partial charge on any atom is 0.233 e. The van der Waals surface area contributed by atoms with E-state index in [9.17, 15) is 4.79 Å². The summed E-state index contributed by atoms with van der Waals surface area (Å²) in [7, 11) is 0. The molecule has 0 spiro atoms. The molecule has 3 N–H and O–H groups in total. The number of nitrogens with one attached hydrogen (secondary N) is 1. The zero-order valence-corrected chi connectivity index (χ0v) is 9.65. The van der Waals surface area contributed by atoms with Gasteiger partial charge in [-0.25, -0.2) is 5.84 Å². The van der Waals surface area contributed by atoms with Gasteiger partial charge in [0.15, 0.2) is 0 Å². The Morgan fingerprint density at radius 3 is 2.65 bits per heavy atom. The van der Waals surface area contributed by atoms with Crippen LogP contribution in [0.15, 0.2) is 42.5 Å². The summed E-state index contributed by atoms with van der Waals surface area (Å²) in [4.78, 5) is 11.0. The van der Waals surface area contributed by atoms with E-state index in [1.54, 1.807) is 0 Å². The Hall–Kier alpha value is -1.87. The lowest BCUT2D eigenvalue weighted by Crippen LogP contribution is -2.29. The van der Waals surface area contributed by atoms with Crippen molar-refractivity contribution >= 4 is 16.7 Å². The molecule has 0 atom stereocenters. The molecule has 3 heteroatoms. The van der Waals surface area contributed by atoms with Crippen LogP contribution in [-0.4, -0.2) is 5.91 Å². The zero-order valence-electron chi connectivity index (χ0n) is 9.65. The molecule has 0 saturated heterocycles. The fourth-order valence-electron chi connectivity index (χ4n) is 1.92. The van der Waals surface area contributed by atoms with Crippen molar-refractivity contribution in [2.45, 2.75) is 19.3 Å². The standard InChI is InChI=1S/C14H16N2O/c15-16-14(17)7-3-4-11-8-9-12-5-1-2-6-13(12)10-11/h1-2,5-6,8-10H,3-4,7,15H2,(H,16,17). The summed E-state index contributed by atoms with van der Waals surface area (Å²) in [6.07, 6.45) is 2.20. The fraction of sp³-hybridized carbons (Fsp3) is 0.214. The van der Waals surface area contributed by atoms with Gasteiger partial charge in [0.25, 0.3) is 0 Å². The van der Waals surface area contributed by atoms with Crippen LogP contribution in [0, 0.1) is 0 Å². The van der Waals surface area contributed by atoms with Crippen molar-refractivity contribution in [1.82, 2.24) is 5.43 Å². The molecule has 2 aromatic carbocycles. The van der Waals surface area contributed by atoms with Gasteiger partial charge in [-0.2, -0.15) is 0 Å². The highest BCUT2D eigenvalue weighted by Gasteiger charge is 2.00. The highest BCUT2D eigenvalue weighted by Crippen LogP contribution is 2.16. The molecule has 2 aromatic rings. The van der Waals surface area contributed by atoms with E-state index in [1.165, 1.54) is 16.3 Å². The van der Waals surface area contributed by atoms with E-state index in [2.05, 4.69) is 35.8 Å². The van der Waals surface area contributed by atoms with Crippen LogP contribution in [0.5, 0.6) is 0 Å². The zero-order chi connectivity index (χ0) is 12.1. The Morgan fingerprint density at radius 2 is 1.88 bits per heavy atom. The Balaban J connectivity index is 2.02. The first-order valence-corrected chi connectivity index (χ1v) is 5.77. The Kier molecular flexibility index (Phi) is 3.73. The third-order valence-corrected chi connectivity index (χ3v) is 2.84. The maximum absolute atomic E-state index is 11.0. The lowest BCUT2D eigenvalue weighted by molar-refractivity contribution is -0.121. The van der Waals surface area contributed by atoms with Crippen molar-refractivity contribution in [1.29, 1.82) is 0 Å². The highest BCUT2D eigenvalue weighted by molar-refractivity contribution is 5.83. The molecule has 88 valence electrons. The normalized spacial score (nSPS) is 10.4. The number of fused-ring (bicyclic) bond motifs is 1. The first-order valence-electron chi connectivity index (χ1n) is 5.77. The van der Waals surface area contributed by atoms with Gasteiger partial charge >= 0.3 is 0 Å². The van der Waals surface area contributed by atoms with Crippen molar-refractivity contribution in [3.63, 3.8) is 0 Å². The molecule has 0 aromatic heterocycles. The van der Waals surface area contributed by atoms with Gasteiger partial charge in [-0.3, -0.25) is 10.2 Å². The predicted molar refractivity (Wildman–Crippen MR) is 69.2 cm³/mol. The number of benzene rings is 2. The smallest absolute Gasteiger partial charge is 0.233 e. The minimum Gasteiger partial charge on any atom is -0.294 e. The SMILES string of the molecule is NNC(=O)CCCc1ccc2ccccc2c1. The van der Waals surface area contributed by atoms with Crippen molar-refractivity contribution in [2.24, 2.45) is 5.84 Å². The Morgan fingerprint density at radius 1 is 1.12 bits per heavy atom. The number of hydrogen-bond acceptors (Lipinski definition) is 2. The van der Waals surface area contributed by atoms with E-state index in [0.29, 0.717) is 6.42 Å². The minimum atomic E-state index is -0.106. The molecule has 3 nitrogen and oxygen atoms in total. The van der Waals surface area contributed by atoms with Crippen LogP contribution in [-0.2, 0) is 11.2 Å². The first kappa shape index (κ1) is 11.6. The average Bonchev–Trinajstić information content (AvgIpc) is 2.38. The Labute approximate surface area is 101 Å². The number of nitrogens with two attached hydrogens (primary N) is 1. The van der Waals surface area contributed by atoms with Gasteiger partial charge in [0.1, 0.15) is 0 Å². The van der Waals surface area contributed by atoms with Gasteiger partial charge in [-0.15, -0.1) is 0 Å². The van der Waals surface area contributed by atoms with Gasteiger partial charge in [-0.05, 0) is 29.2 Å². The van der Waals surface area contributed by atoms with Gasteiger partial charge in [0, 0.05) is 6.42 Å². The molecule has 17 heavy (non-hydrogen) atoms. The predicted octanol–water partition coefficient (Wildman–Crippen LogP) is 2.15. The van der Waals surface area contributed by atoms with E-state index < -0.39 is 0 Å². The van der Waals surface area contributed by atoms with Crippen LogP contribution in [0.25, 0.3) is 10.8 Å². The number of carbonyl (C=O) groups is 1. The van der Waals surface area contributed by atoms with Crippen LogP contribution in [0.4, 0.5) is 0 Å². The molecule has 0 unspecified atom stereocenters. The van der Waals surface area contributed by atoms with Crippen molar-refractivity contribution in [2.75, 3.05) is 0 Å². The van der Waals surface area contributed by atoms with Crippen LogP contribution in [0.1, 0.15) is 18.4 Å². The molecule has 0 heterocycles. The molecular weight excluding hydrogens is 212 g/mol.